The number of fused-ring (bicyclic) bond motifs is 1. The van der Waals surface area contributed by atoms with Crippen LogP contribution in [0.1, 0.15) is 17.5 Å². The van der Waals surface area contributed by atoms with Gasteiger partial charge in [-0.15, -0.1) is 0 Å². The van der Waals surface area contributed by atoms with Gasteiger partial charge < -0.3 is 10.6 Å². The summed E-state index contributed by atoms with van der Waals surface area (Å²) in [6, 6.07) is 13.8. The van der Waals surface area contributed by atoms with Crippen LogP contribution in [0.15, 0.2) is 42.5 Å². The Morgan fingerprint density at radius 2 is 1.90 bits per heavy atom. The molecule has 0 fully saturated rings. The van der Waals surface area contributed by atoms with Gasteiger partial charge in [0.15, 0.2) is 0 Å². The number of carbonyl (C=O) groups excluding carboxylic acids is 1. The molecule has 0 aliphatic carbocycles. The SMILES string of the molecule is O=C1CCc2cc(NCc3ccc(Cl)cc3)ccc2N1. The molecule has 0 unspecified atom stereocenters. The Labute approximate surface area is 123 Å². The van der Waals surface area contributed by atoms with Gasteiger partial charge in [-0.25, -0.2) is 0 Å². The van der Waals surface area contributed by atoms with E-state index in [0.717, 1.165) is 29.4 Å². The molecule has 0 aromatic heterocycles. The van der Waals surface area contributed by atoms with E-state index in [9.17, 15) is 4.79 Å². The zero-order chi connectivity index (χ0) is 13.9. The fraction of sp³-hybridized carbons (Fsp3) is 0.188. The molecule has 1 amide bonds. The lowest BCUT2D eigenvalue weighted by Gasteiger charge is -2.18. The zero-order valence-corrected chi connectivity index (χ0v) is 11.7. The van der Waals surface area contributed by atoms with Crippen molar-refractivity contribution in [2.24, 2.45) is 0 Å². The molecule has 102 valence electrons. The van der Waals surface area contributed by atoms with E-state index in [-0.39, 0.29) is 5.91 Å². The van der Waals surface area contributed by atoms with E-state index >= 15 is 0 Å². The second-order valence-corrected chi connectivity index (χ2v) is 5.34. The minimum Gasteiger partial charge on any atom is -0.381 e. The largest absolute Gasteiger partial charge is 0.381 e. The van der Waals surface area contributed by atoms with Gasteiger partial charge in [0, 0.05) is 29.4 Å². The lowest BCUT2D eigenvalue weighted by Crippen LogP contribution is -2.18. The van der Waals surface area contributed by atoms with Crippen molar-refractivity contribution < 1.29 is 4.79 Å². The molecule has 4 heteroatoms. The van der Waals surface area contributed by atoms with Crippen molar-refractivity contribution in [1.82, 2.24) is 0 Å². The summed E-state index contributed by atoms with van der Waals surface area (Å²) in [4.78, 5) is 11.3. The molecule has 1 heterocycles. The first-order chi connectivity index (χ1) is 9.70. The van der Waals surface area contributed by atoms with E-state index in [1.165, 1.54) is 11.1 Å². The van der Waals surface area contributed by atoms with Gasteiger partial charge in [-0.05, 0) is 47.9 Å². The number of halogens is 1. The summed E-state index contributed by atoms with van der Waals surface area (Å²) in [7, 11) is 0. The van der Waals surface area contributed by atoms with Gasteiger partial charge in [-0.1, -0.05) is 23.7 Å². The molecule has 3 rings (SSSR count). The smallest absolute Gasteiger partial charge is 0.224 e. The first kappa shape index (κ1) is 13.0. The molecular weight excluding hydrogens is 272 g/mol. The maximum atomic E-state index is 11.3. The van der Waals surface area contributed by atoms with Crippen LogP contribution in [-0.4, -0.2) is 5.91 Å². The maximum absolute atomic E-state index is 11.3. The summed E-state index contributed by atoms with van der Waals surface area (Å²) in [6.45, 7) is 0.752. The second-order valence-electron chi connectivity index (χ2n) is 4.90. The Morgan fingerprint density at radius 1 is 1.10 bits per heavy atom. The predicted molar refractivity (Wildman–Crippen MR) is 82.2 cm³/mol. The minimum atomic E-state index is 0.0966. The van der Waals surface area contributed by atoms with Crippen LogP contribution in [0, 0.1) is 0 Å². The van der Waals surface area contributed by atoms with Gasteiger partial charge in [-0.3, -0.25) is 4.79 Å². The third-order valence-corrected chi connectivity index (χ3v) is 3.66. The van der Waals surface area contributed by atoms with Crippen LogP contribution in [0.4, 0.5) is 11.4 Å². The summed E-state index contributed by atoms with van der Waals surface area (Å²) in [5.74, 6) is 0.0966. The van der Waals surface area contributed by atoms with Gasteiger partial charge >= 0.3 is 0 Å². The lowest BCUT2D eigenvalue weighted by molar-refractivity contribution is -0.116. The number of nitrogens with one attached hydrogen (secondary N) is 2. The summed E-state index contributed by atoms with van der Waals surface area (Å²) >= 11 is 5.87. The van der Waals surface area contributed by atoms with Crippen LogP contribution in [-0.2, 0) is 17.8 Å². The topological polar surface area (TPSA) is 41.1 Å². The van der Waals surface area contributed by atoms with Crippen LogP contribution in [0.5, 0.6) is 0 Å². The van der Waals surface area contributed by atoms with E-state index < -0.39 is 0 Å². The van der Waals surface area contributed by atoms with Crippen molar-refractivity contribution in [3.8, 4) is 0 Å². The number of anilines is 2. The molecule has 2 aromatic rings. The van der Waals surface area contributed by atoms with Crippen LogP contribution in [0.3, 0.4) is 0 Å². The van der Waals surface area contributed by atoms with Crippen LogP contribution < -0.4 is 10.6 Å². The fourth-order valence-corrected chi connectivity index (χ4v) is 2.43. The van der Waals surface area contributed by atoms with Gasteiger partial charge in [0.1, 0.15) is 0 Å². The van der Waals surface area contributed by atoms with Gasteiger partial charge in [-0.2, -0.15) is 0 Å². The third-order valence-electron chi connectivity index (χ3n) is 3.41. The Morgan fingerprint density at radius 3 is 2.70 bits per heavy atom. The number of amides is 1. The standard InChI is InChI=1S/C16H15ClN2O/c17-13-4-1-11(2-5-13)10-18-14-6-7-15-12(9-14)3-8-16(20)19-15/h1-2,4-7,9,18H,3,8,10H2,(H,19,20). The first-order valence-electron chi connectivity index (χ1n) is 6.62. The molecule has 2 aromatic carbocycles. The monoisotopic (exact) mass is 286 g/mol. The third kappa shape index (κ3) is 2.94. The summed E-state index contributed by atoms with van der Waals surface area (Å²) in [6.07, 6.45) is 1.37. The zero-order valence-electron chi connectivity index (χ0n) is 10.9. The van der Waals surface area contributed by atoms with E-state index in [1.54, 1.807) is 0 Å². The van der Waals surface area contributed by atoms with Crippen molar-refractivity contribution >= 4 is 28.9 Å². The molecule has 0 atom stereocenters. The van der Waals surface area contributed by atoms with Gasteiger partial charge in [0.25, 0.3) is 0 Å². The Bertz CT molecular complexity index is 637. The van der Waals surface area contributed by atoms with Crippen molar-refractivity contribution in [2.45, 2.75) is 19.4 Å². The van der Waals surface area contributed by atoms with Crippen molar-refractivity contribution in [3.05, 3.63) is 58.6 Å². The number of aryl methyl sites for hydroxylation is 1. The number of carbonyl (C=O) groups is 1. The molecule has 20 heavy (non-hydrogen) atoms. The average Bonchev–Trinajstić information content (AvgIpc) is 2.46. The fourth-order valence-electron chi connectivity index (χ4n) is 2.30. The Kier molecular flexibility index (Phi) is 3.61. The number of hydrogen-bond donors (Lipinski definition) is 2. The quantitative estimate of drug-likeness (QED) is 0.900. The molecule has 0 bridgehead atoms. The van der Waals surface area contributed by atoms with Gasteiger partial charge in [0.05, 0.1) is 0 Å². The van der Waals surface area contributed by atoms with Crippen molar-refractivity contribution in [3.63, 3.8) is 0 Å². The first-order valence-corrected chi connectivity index (χ1v) is 6.99. The van der Waals surface area contributed by atoms with Crippen LogP contribution in [0.2, 0.25) is 5.02 Å². The summed E-state index contributed by atoms with van der Waals surface area (Å²) < 4.78 is 0. The molecule has 0 saturated carbocycles. The molecule has 1 aliphatic heterocycles. The molecular formula is C16H15ClN2O. The molecule has 0 saturated heterocycles. The van der Waals surface area contributed by atoms with E-state index in [2.05, 4.69) is 16.7 Å². The normalized spacial score (nSPS) is 13.6. The van der Waals surface area contributed by atoms with Crippen LogP contribution >= 0.6 is 11.6 Å². The molecule has 3 nitrogen and oxygen atoms in total. The van der Waals surface area contributed by atoms with Crippen molar-refractivity contribution in [2.75, 3.05) is 10.6 Å². The molecule has 0 spiro atoms. The van der Waals surface area contributed by atoms with Gasteiger partial charge in [0.2, 0.25) is 5.91 Å². The highest BCUT2D eigenvalue weighted by atomic mass is 35.5. The Balaban J connectivity index is 1.69. The predicted octanol–water partition coefficient (Wildman–Crippen LogP) is 3.84. The highest BCUT2D eigenvalue weighted by molar-refractivity contribution is 6.30. The molecule has 0 radical (unpaired) electrons. The Hall–Kier alpha value is -2.00. The number of rotatable bonds is 3. The number of hydrogen-bond acceptors (Lipinski definition) is 2. The maximum Gasteiger partial charge on any atom is 0.224 e. The van der Waals surface area contributed by atoms with E-state index in [0.29, 0.717) is 6.42 Å². The highest BCUT2D eigenvalue weighted by Gasteiger charge is 2.14. The van der Waals surface area contributed by atoms with Crippen molar-refractivity contribution in [1.29, 1.82) is 0 Å². The number of benzene rings is 2. The van der Waals surface area contributed by atoms with Crippen LogP contribution in [0.25, 0.3) is 0 Å². The molecule has 2 N–H and O–H groups in total. The minimum absolute atomic E-state index is 0.0966. The second kappa shape index (κ2) is 5.55. The summed E-state index contributed by atoms with van der Waals surface area (Å²) in [5.41, 5.74) is 4.36. The van der Waals surface area contributed by atoms with E-state index in [1.807, 2.05) is 36.4 Å². The highest BCUT2D eigenvalue weighted by Crippen LogP contribution is 2.25. The summed E-state index contributed by atoms with van der Waals surface area (Å²) in [5, 5.41) is 7.02. The molecule has 1 aliphatic rings. The lowest BCUT2D eigenvalue weighted by atomic mass is 10.0. The average molecular weight is 287 g/mol. The van der Waals surface area contributed by atoms with E-state index in [4.69, 9.17) is 11.6 Å².